The van der Waals surface area contributed by atoms with Gasteiger partial charge in [-0.15, -0.1) is 11.8 Å². The van der Waals surface area contributed by atoms with Gasteiger partial charge in [0.25, 0.3) is 0 Å². The Morgan fingerprint density at radius 2 is 2.05 bits per heavy atom. The third-order valence-corrected chi connectivity index (χ3v) is 3.88. The molecule has 1 heterocycles. The van der Waals surface area contributed by atoms with E-state index in [-0.39, 0.29) is 18.1 Å². The second-order valence-electron chi connectivity index (χ2n) is 5.66. The molecule has 22 heavy (non-hydrogen) atoms. The molecule has 9 heteroatoms. The van der Waals surface area contributed by atoms with Crippen LogP contribution in [0.3, 0.4) is 0 Å². The molecule has 0 aromatic heterocycles. The Morgan fingerprint density at radius 1 is 1.41 bits per heavy atom. The van der Waals surface area contributed by atoms with E-state index in [9.17, 15) is 19.2 Å². The van der Waals surface area contributed by atoms with E-state index >= 15 is 0 Å². The molecule has 0 aromatic rings. The SMILES string of the molecule is COC(=O)[C@H](CSC1CC(=O)NC1=O)NC(=O)OC(C)(C)C. The van der Waals surface area contributed by atoms with Gasteiger partial charge in [0, 0.05) is 12.2 Å². The molecule has 1 saturated heterocycles. The molecule has 0 saturated carbocycles. The number of alkyl carbamates (subject to hydrolysis) is 1. The van der Waals surface area contributed by atoms with Gasteiger partial charge < -0.3 is 14.8 Å². The van der Waals surface area contributed by atoms with Crippen molar-refractivity contribution in [2.45, 2.75) is 44.1 Å². The lowest BCUT2D eigenvalue weighted by atomic mass is 10.2. The molecule has 0 aromatic carbocycles. The number of carbonyl (C=O) groups is 4. The lowest BCUT2D eigenvalue weighted by Gasteiger charge is -2.22. The molecule has 1 rings (SSSR count). The predicted molar refractivity (Wildman–Crippen MR) is 79.2 cm³/mol. The van der Waals surface area contributed by atoms with E-state index in [4.69, 9.17) is 4.74 Å². The fourth-order valence-corrected chi connectivity index (χ4v) is 2.76. The van der Waals surface area contributed by atoms with E-state index in [1.807, 2.05) is 0 Å². The summed E-state index contributed by atoms with van der Waals surface area (Å²) in [6, 6.07) is -0.964. The molecule has 1 aliphatic heterocycles. The minimum atomic E-state index is -0.964. The largest absolute Gasteiger partial charge is 0.467 e. The van der Waals surface area contributed by atoms with Crippen LogP contribution in [-0.4, -0.2) is 53.6 Å². The fourth-order valence-electron chi connectivity index (χ4n) is 1.64. The van der Waals surface area contributed by atoms with Crippen molar-refractivity contribution in [1.29, 1.82) is 0 Å². The van der Waals surface area contributed by atoms with Crippen LogP contribution in [0.1, 0.15) is 27.2 Å². The Morgan fingerprint density at radius 3 is 2.50 bits per heavy atom. The summed E-state index contributed by atoms with van der Waals surface area (Å²) in [7, 11) is 1.20. The predicted octanol–water partition coefficient (Wildman–Crippen LogP) is 0.201. The van der Waals surface area contributed by atoms with Crippen molar-refractivity contribution in [2.24, 2.45) is 0 Å². The van der Waals surface area contributed by atoms with Gasteiger partial charge in [-0.1, -0.05) is 0 Å². The van der Waals surface area contributed by atoms with Crippen LogP contribution in [0.25, 0.3) is 0 Å². The molecule has 2 N–H and O–H groups in total. The van der Waals surface area contributed by atoms with Crippen LogP contribution in [0.2, 0.25) is 0 Å². The number of imide groups is 1. The molecular weight excluding hydrogens is 312 g/mol. The molecule has 3 amide bonds. The normalized spacial score (nSPS) is 19.4. The lowest BCUT2D eigenvalue weighted by molar-refractivity contribution is -0.142. The number of amides is 3. The van der Waals surface area contributed by atoms with Crippen LogP contribution in [0.4, 0.5) is 4.79 Å². The highest BCUT2D eigenvalue weighted by atomic mass is 32.2. The number of methoxy groups -OCH3 is 1. The molecular formula is C13H20N2O6S. The molecule has 1 aliphatic rings. The van der Waals surface area contributed by atoms with Gasteiger partial charge in [-0.2, -0.15) is 0 Å². The zero-order valence-corrected chi connectivity index (χ0v) is 13.7. The van der Waals surface area contributed by atoms with Crippen LogP contribution >= 0.6 is 11.8 Å². The van der Waals surface area contributed by atoms with Gasteiger partial charge >= 0.3 is 12.1 Å². The highest BCUT2D eigenvalue weighted by molar-refractivity contribution is 8.00. The highest BCUT2D eigenvalue weighted by Crippen LogP contribution is 2.20. The fraction of sp³-hybridized carbons (Fsp3) is 0.692. The number of esters is 1. The van der Waals surface area contributed by atoms with E-state index in [2.05, 4.69) is 15.4 Å². The van der Waals surface area contributed by atoms with Gasteiger partial charge in [0.05, 0.1) is 12.4 Å². The van der Waals surface area contributed by atoms with Crippen molar-refractivity contribution in [3.05, 3.63) is 0 Å². The maximum absolute atomic E-state index is 11.7. The van der Waals surface area contributed by atoms with Crippen LogP contribution in [0.15, 0.2) is 0 Å². The summed E-state index contributed by atoms with van der Waals surface area (Å²) in [4.78, 5) is 46.0. The van der Waals surface area contributed by atoms with Crippen molar-refractivity contribution < 1.29 is 28.7 Å². The van der Waals surface area contributed by atoms with Crippen LogP contribution < -0.4 is 10.6 Å². The molecule has 1 fully saturated rings. The first kappa shape index (κ1) is 18.3. The zero-order chi connectivity index (χ0) is 16.9. The number of hydrogen-bond donors (Lipinski definition) is 2. The maximum Gasteiger partial charge on any atom is 0.408 e. The number of thioether (sulfide) groups is 1. The summed E-state index contributed by atoms with van der Waals surface area (Å²) in [5, 5.41) is 4.01. The summed E-state index contributed by atoms with van der Waals surface area (Å²) in [6.07, 6.45) is -0.695. The van der Waals surface area contributed by atoms with Gasteiger partial charge in [0.2, 0.25) is 11.8 Å². The maximum atomic E-state index is 11.7. The number of hydrogen-bond acceptors (Lipinski definition) is 7. The summed E-state index contributed by atoms with van der Waals surface area (Å²) in [5.41, 5.74) is -0.699. The van der Waals surface area contributed by atoms with Crippen molar-refractivity contribution in [3.8, 4) is 0 Å². The Labute approximate surface area is 132 Å². The molecule has 0 radical (unpaired) electrons. The molecule has 0 bridgehead atoms. The molecule has 2 atom stereocenters. The zero-order valence-electron chi connectivity index (χ0n) is 12.9. The first-order chi connectivity index (χ1) is 10.1. The first-order valence-corrected chi connectivity index (χ1v) is 7.70. The third kappa shape index (κ3) is 5.92. The molecule has 0 aliphatic carbocycles. The summed E-state index contributed by atoms with van der Waals surface area (Å²) in [6.45, 7) is 5.09. The molecule has 8 nitrogen and oxygen atoms in total. The van der Waals surface area contributed by atoms with Gasteiger partial charge in [0.15, 0.2) is 0 Å². The van der Waals surface area contributed by atoms with Gasteiger partial charge in [0.1, 0.15) is 11.6 Å². The van der Waals surface area contributed by atoms with Gasteiger partial charge in [-0.05, 0) is 20.8 Å². The molecule has 1 unspecified atom stereocenters. The second kappa shape index (κ2) is 7.48. The first-order valence-electron chi connectivity index (χ1n) is 6.65. The van der Waals surface area contributed by atoms with E-state index in [1.54, 1.807) is 20.8 Å². The topological polar surface area (TPSA) is 111 Å². The summed E-state index contributed by atoms with van der Waals surface area (Å²) >= 11 is 1.10. The second-order valence-corrected chi connectivity index (χ2v) is 6.90. The number of nitrogens with one attached hydrogen (secondary N) is 2. The number of rotatable bonds is 5. The summed E-state index contributed by atoms with van der Waals surface area (Å²) in [5.74, 6) is -1.30. The van der Waals surface area contributed by atoms with E-state index in [1.165, 1.54) is 7.11 Å². The standard InChI is InChI=1S/C13H20N2O6S/c1-13(2,3)21-12(19)14-7(11(18)20-4)6-22-8-5-9(16)15-10(8)17/h7-8H,5-6H2,1-4H3,(H,14,19)(H,15,16,17)/t7-,8?/m0/s1. The average Bonchev–Trinajstić information content (AvgIpc) is 2.69. The van der Waals surface area contributed by atoms with Crippen LogP contribution in [0.5, 0.6) is 0 Å². The summed E-state index contributed by atoms with van der Waals surface area (Å²) < 4.78 is 9.69. The Kier molecular flexibility index (Phi) is 6.21. The van der Waals surface area contributed by atoms with E-state index < -0.39 is 34.9 Å². The van der Waals surface area contributed by atoms with E-state index in [0.29, 0.717) is 0 Å². The Balaban J connectivity index is 2.58. The lowest BCUT2D eigenvalue weighted by Crippen LogP contribution is -2.45. The third-order valence-electron chi connectivity index (χ3n) is 2.57. The molecule has 124 valence electrons. The number of ether oxygens (including phenoxy) is 2. The smallest absolute Gasteiger partial charge is 0.408 e. The van der Waals surface area contributed by atoms with Crippen molar-refractivity contribution >= 4 is 35.6 Å². The van der Waals surface area contributed by atoms with E-state index in [0.717, 1.165) is 11.8 Å². The minimum absolute atomic E-state index is 0.0594. The quantitative estimate of drug-likeness (QED) is 0.546. The highest BCUT2D eigenvalue weighted by Gasteiger charge is 2.33. The number of carbonyl (C=O) groups excluding carboxylic acids is 4. The van der Waals surface area contributed by atoms with Crippen LogP contribution in [0, 0.1) is 0 Å². The van der Waals surface area contributed by atoms with Gasteiger partial charge in [-0.25, -0.2) is 9.59 Å². The van der Waals surface area contributed by atoms with Crippen molar-refractivity contribution in [1.82, 2.24) is 10.6 Å². The van der Waals surface area contributed by atoms with Crippen molar-refractivity contribution in [2.75, 3.05) is 12.9 Å². The minimum Gasteiger partial charge on any atom is -0.467 e. The molecule has 0 spiro atoms. The average molecular weight is 332 g/mol. The van der Waals surface area contributed by atoms with Crippen molar-refractivity contribution in [3.63, 3.8) is 0 Å². The Hall–Kier alpha value is -1.77. The van der Waals surface area contributed by atoms with Gasteiger partial charge in [-0.3, -0.25) is 14.9 Å². The Bertz CT molecular complexity index is 474. The monoisotopic (exact) mass is 332 g/mol. The van der Waals surface area contributed by atoms with Crippen LogP contribution in [-0.2, 0) is 23.9 Å².